The Morgan fingerprint density at radius 1 is 1.19 bits per heavy atom. The van der Waals surface area contributed by atoms with Gasteiger partial charge in [0, 0.05) is 19.2 Å². The van der Waals surface area contributed by atoms with E-state index in [0.29, 0.717) is 6.42 Å². The van der Waals surface area contributed by atoms with Gasteiger partial charge in [-0.2, -0.15) is 0 Å². The number of halogens is 1. The number of rotatable bonds is 5. The van der Waals surface area contributed by atoms with Crippen molar-refractivity contribution < 1.29 is 24.5 Å². The number of hydrogen-bond acceptors (Lipinski definition) is 4. The third-order valence-electron chi connectivity index (χ3n) is 5.12. The zero-order chi connectivity index (χ0) is 19.4. The average molecular weight is 375 g/mol. The van der Waals surface area contributed by atoms with E-state index in [2.05, 4.69) is 16.0 Å². The van der Waals surface area contributed by atoms with Crippen molar-refractivity contribution in [2.24, 2.45) is 10.9 Å². The van der Waals surface area contributed by atoms with Gasteiger partial charge in [-0.05, 0) is 37.0 Å². The van der Waals surface area contributed by atoms with Gasteiger partial charge in [0.05, 0.1) is 0 Å². The average Bonchev–Trinajstić information content (AvgIpc) is 2.64. The Morgan fingerprint density at radius 2 is 1.89 bits per heavy atom. The van der Waals surface area contributed by atoms with Crippen LogP contribution in [0.25, 0.3) is 0 Å². The number of nitrogens with zero attached hydrogens (tertiary/aromatic N) is 2. The lowest BCUT2D eigenvalue weighted by molar-refractivity contribution is -0.428. The van der Waals surface area contributed by atoms with Gasteiger partial charge in [-0.3, -0.25) is 24.8 Å². The minimum atomic E-state index is -1.11. The van der Waals surface area contributed by atoms with E-state index in [9.17, 15) is 18.8 Å². The molecular formula is C19H24FN4O3+. The molecule has 0 unspecified atom stereocenters. The number of urea groups is 1. The van der Waals surface area contributed by atoms with Gasteiger partial charge in [-0.1, -0.05) is 18.6 Å². The first-order chi connectivity index (χ1) is 13.0. The van der Waals surface area contributed by atoms with Gasteiger partial charge in [0.2, 0.25) is 11.8 Å². The summed E-state index contributed by atoms with van der Waals surface area (Å²) in [6, 6.07) is 5.30. The van der Waals surface area contributed by atoms with Crippen LogP contribution in [-0.2, 0) is 16.0 Å². The highest BCUT2D eigenvalue weighted by atomic mass is 19.1. The summed E-state index contributed by atoms with van der Waals surface area (Å²) in [5.41, 5.74) is 4.88. The van der Waals surface area contributed by atoms with Gasteiger partial charge >= 0.3 is 6.03 Å². The van der Waals surface area contributed by atoms with E-state index >= 15 is 0 Å². The highest BCUT2D eigenvalue weighted by Crippen LogP contribution is 2.19. The molecule has 1 aliphatic carbocycles. The zero-order valence-electron chi connectivity index (χ0n) is 15.1. The van der Waals surface area contributed by atoms with Crippen molar-refractivity contribution >= 4 is 24.1 Å². The normalized spacial score (nSPS) is 26.5. The van der Waals surface area contributed by atoms with Crippen LogP contribution in [0.3, 0.4) is 0 Å². The van der Waals surface area contributed by atoms with Crippen molar-refractivity contribution in [3.05, 3.63) is 35.6 Å². The summed E-state index contributed by atoms with van der Waals surface area (Å²) in [6.45, 7) is 0.106. The summed E-state index contributed by atoms with van der Waals surface area (Å²) >= 11 is 0. The third kappa shape index (κ3) is 4.57. The number of amides is 4. The Morgan fingerprint density at radius 3 is 2.59 bits per heavy atom. The molecule has 0 bridgehead atoms. The summed E-state index contributed by atoms with van der Waals surface area (Å²) < 4.78 is 13.0. The van der Waals surface area contributed by atoms with Gasteiger partial charge in [-0.15, -0.1) is 0 Å². The van der Waals surface area contributed by atoms with Crippen LogP contribution in [0.5, 0.6) is 0 Å². The van der Waals surface area contributed by atoms with E-state index < -0.39 is 23.8 Å². The van der Waals surface area contributed by atoms with Gasteiger partial charge in [0.25, 0.3) is 0 Å². The Bertz CT molecular complexity index is 750. The molecule has 1 heterocycles. The van der Waals surface area contributed by atoms with Crippen LogP contribution >= 0.6 is 0 Å². The molecule has 1 aromatic carbocycles. The molecule has 0 radical (unpaired) electrons. The van der Waals surface area contributed by atoms with Crippen molar-refractivity contribution in [1.29, 1.82) is 0 Å². The molecule has 3 atom stereocenters. The maximum atomic E-state index is 13.0. The lowest BCUT2D eigenvalue weighted by Crippen LogP contribution is -2.66. The molecule has 0 spiro atoms. The number of aliphatic imine (C=N–C) groups is 1. The topological polar surface area (TPSA) is 106 Å². The number of carbonyl (C=O) groups is 3. The fourth-order valence-corrected chi connectivity index (χ4v) is 3.45. The lowest BCUT2D eigenvalue weighted by atomic mass is 9.91. The largest absolute Gasteiger partial charge is 0.353 e. The molecule has 1 saturated heterocycles. The second kappa shape index (κ2) is 8.39. The molecule has 2 fully saturated rings. The van der Waals surface area contributed by atoms with E-state index in [1.807, 2.05) is 0 Å². The first-order valence-corrected chi connectivity index (χ1v) is 9.22. The van der Waals surface area contributed by atoms with Crippen molar-refractivity contribution in [2.75, 3.05) is 6.54 Å². The molecule has 1 aliphatic heterocycles. The fourth-order valence-electron chi connectivity index (χ4n) is 3.45. The number of hydrogen-bond donors (Lipinski definition) is 2. The minimum Gasteiger partial charge on any atom is -0.353 e. The van der Waals surface area contributed by atoms with Gasteiger partial charge in [0.15, 0.2) is 5.92 Å². The molecule has 7 nitrogen and oxygen atoms in total. The smallest absolute Gasteiger partial charge is 0.330 e. The first-order valence-electron chi connectivity index (χ1n) is 9.22. The summed E-state index contributed by atoms with van der Waals surface area (Å²) in [5, 5.41) is 2.21. The molecule has 3 rings (SSSR count). The number of nitrogens with one attached hydrogen (secondary N) is 1. The van der Waals surface area contributed by atoms with E-state index in [0.717, 1.165) is 36.1 Å². The molecule has 4 amide bonds. The molecule has 27 heavy (non-hydrogen) atoms. The van der Waals surface area contributed by atoms with Crippen LogP contribution in [-0.4, -0.2) is 47.6 Å². The molecule has 8 heteroatoms. The molecule has 144 valence electrons. The van der Waals surface area contributed by atoms with Gasteiger partial charge in [0.1, 0.15) is 17.9 Å². The second-order valence-electron chi connectivity index (χ2n) is 7.05. The number of imide groups is 2. The highest BCUT2D eigenvalue weighted by Gasteiger charge is 2.39. The predicted octanol–water partition coefficient (Wildman–Crippen LogP) is 0.687. The number of barbiturate groups is 1. The fraction of sp³-hybridized carbons (Fsp3) is 0.474. The zero-order valence-corrected chi connectivity index (χ0v) is 15.1. The summed E-state index contributed by atoms with van der Waals surface area (Å²) in [5.74, 6) is -2.68. The van der Waals surface area contributed by atoms with Crippen molar-refractivity contribution in [3.63, 3.8) is 0 Å². The second-order valence-corrected chi connectivity index (χ2v) is 7.05. The Balaban J connectivity index is 1.66. The van der Waals surface area contributed by atoms with E-state index in [1.165, 1.54) is 18.3 Å². The van der Waals surface area contributed by atoms with E-state index in [4.69, 9.17) is 0 Å². The van der Waals surface area contributed by atoms with Crippen molar-refractivity contribution in [1.82, 2.24) is 10.2 Å². The summed E-state index contributed by atoms with van der Waals surface area (Å²) in [6.07, 6.45) is 5.79. The van der Waals surface area contributed by atoms with Crippen LogP contribution in [0.4, 0.5) is 9.18 Å². The Kier molecular flexibility index (Phi) is 5.95. The summed E-state index contributed by atoms with van der Waals surface area (Å²) in [4.78, 5) is 42.2. The molecular weight excluding hydrogens is 351 g/mol. The van der Waals surface area contributed by atoms with Gasteiger partial charge in [-0.25, -0.2) is 9.18 Å². The van der Waals surface area contributed by atoms with Crippen molar-refractivity contribution in [3.8, 4) is 0 Å². The number of quaternary nitrogens is 1. The number of carbonyl (C=O) groups excluding carboxylic acids is 3. The maximum absolute atomic E-state index is 13.0. The van der Waals surface area contributed by atoms with Crippen molar-refractivity contribution in [2.45, 2.75) is 44.2 Å². The lowest BCUT2D eigenvalue weighted by Gasteiger charge is -2.29. The minimum absolute atomic E-state index is 0.00430. The predicted molar refractivity (Wildman–Crippen MR) is 96.3 cm³/mol. The van der Waals surface area contributed by atoms with E-state index in [-0.39, 0.29) is 24.4 Å². The van der Waals surface area contributed by atoms with Crippen LogP contribution in [0, 0.1) is 11.7 Å². The van der Waals surface area contributed by atoms with Crippen LogP contribution < -0.4 is 11.1 Å². The highest BCUT2D eigenvalue weighted by molar-refractivity contribution is 6.23. The van der Waals surface area contributed by atoms with Crippen LogP contribution in [0.15, 0.2) is 29.3 Å². The first kappa shape index (κ1) is 19.2. The Labute approximate surface area is 156 Å². The number of benzene rings is 1. The standard InChI is InChI=1S/C19H23FN4O3/c20-13-7-5-12(6-8-13)9-10-24-18(26)14(17(25)23-19(24)27)11-22-16-4-2-1-3-15(16)21/h5-8,11,14-16H,1-4,9-10,21H2,(H,23,25,27)/p+1/t14-,15-,16-/m1/s1. The summed E-state index contributed by atoms with van der Waals surface area (Å²) in [7, 11) is 0. The monoisotopic (exact) mass is 375 g/mol. The molecule has 1 saturated carbocycles. The van der Waals surface area contributed by atoms with E-state index in [1.54, 1.807) is 12.1 Å². The molecule has 4 N–H and O–H groups in total. The van der Waals surface area contributed by atoms with Crippen LogP contribution in [0.1, 0.15) is 31.2 Å². The maximum Gasteiger partial charge on any atom is 0.330 e. The molecule has 0 aromatic heterocycles. The molecule has 2 aliphatic rings. The SMILES string of the molecule is [NH3+][C@@H]1CCCC[C@H]1N=C[C@@H]1C(=O)NC(=O)N(CCc2ccc(F)cc2)C1=O. The van der Waals surface area contributed by atoms with Gasteiger partial charge < -0.3 is 5.73 Å². The third-order valence-corrected chi connectivity index (χ3v) is 5.12. The quantitative estimate of drug-likeness (QED) is 0.584. The Hall–Kier alpha value is -2.61. The van der Waals surface area contributed by atoms with Crippen LogP contribution in [0.2, 0.25) is 0 Å². The molecule has 1 aromatic rings.